The number of hydrogen-bond acceptors (Lipinski definition) is 6. The summed E-state index contributed by atoms with van der Waals surface area (Å²) in [6.07, 6.45) is 0.722. The zero-order valence-electron chi connectivity index (χ0n) is 23.0. The fourth-order valence-electron chi connectivity index (χ4n) is 4.02. The Labute approximate surface area is 240 Å². The van der Waals surface area contributed by atoms with Gasteiger partial charge in [-0.1, -0.05) is 54.9 Å². The Morgan fingerprint density at radius 1 is 0.950 bits per heavy atom. The highest BCUT2D eigenvalue weighted by molar-refractivity contribution is 7.92. The minimum Gasteiger partial charge on any atom is -0.493 e. The quantitative estimate of drug-likeness (QED) is 0.316. The number of nitrogens with one attached hydrogen (secondary N) is 1. The largest absolute Gasteiger partial charge is 0.493 e. The van der Waals surface area contributed by atoms with Crippen LogP contribution in [0.4, 0.5) is 5.69 Å². The maximum atomic E-state index is 14.0. The van der Waals surface area contributed by atoms with Crippen LogP contribution in [0.2, 0.25) is 5.02 Å². The van der Waals surface area contributed by atoms with Crippen molar-refractivity contribution in [2.75, 3.05) is 31.6 Å². The van der Waals surface area contributed by atoms with E-state index in [1.807, 2.05) is 6.92 Å². The first-order chi connectivity index (χ1) is 19.1. The lowest BCUT2D eigenvalue weighted by molar-refractivity contribution is -0.139. The summed E-state index contributed by atoms with van der Waals surface area (Å²) in [4.78, 5) is 28.2. The van der Waals surface area contributed by atoms with Gasteiger partial charge in [0.2, 0.25) is 11.8 Å². The summed E-state index contributed by atoms with van der Waals surface area (Å²) in [7, 11) is -1.30. The van der Waals surface area contributed by atoms with E-state index in [0.29, 0.717) is 28.6 Å². The van der Waals surface area contributed by atoms with Crippen LogP contribution >= 0.6 is 11.6 Å². The van der Waals surface area contributed by atoms with Crippen LogP contribution in [0.5, 0.6) is 11.5 Å². The average Bonchev–Trinajstić information content (AvgIpc) is 2.97. The number of methoxy groups -OCH3 is 2. The number of halogens is 1. The number of hydrogen-bond donors (Lipinski definition) is 1. The molecule has 3 aromatic rings. The van der Waals surface area contributed by atoms with Gasteiger partial charge >= 0.3 is 0 Å². The van der Waals surface area contributed by atoms with E-state index < -0.39 is 28.5 Å². The van der Waals surface area contributed by atoms with E-state index in [9.17, 15) is 18.0 Å². The number of benzene rings is 3. The Morgan fingerprint density at radius 2 is 1.60 bits per heavy atom. The Hall–Kier alpha value is -3.76. The fraction of sp³-hybridized carbons (Fsp3) is 0.310. The highest BCUT2D eigenvalue weighted by Crippen LogP contribution is 2.34. The number of ether oxygens (including phenoxy) is 2. The predicted molar refractivity (Wildman–Crippen MR) is 155 cm³/mol. The molecule has 1 atom stereocenters. The molecule has 0 aliphatic carbocycles. The van der Waals surface area contributed by atoms with Crippen molar-refractivity contribution >= 4 is 39.1 Å². The van der Waals surface area contributed by atoms with Crippen molar-refractivity contribution < 1.29 is 27.5 Å². The van der Waals surface area contributed by atoms with Crippen LogP contribution in [0.25, 0.3) is 0 Å². The molecular weight excluding hydrogens is 554 g/mol. The Morgan fingerprint density at radius 3 is 2.23 bits per heavy atom. The van der Waals surface area contributed by atoms with E-state index in [4.69, 9.17) is 21.1 Å². The Balaban J connectivity index is 2.07. The van der Waals surface area contributed by atoms with Crippen LogP contribution in [-0.4, -0.2) is 58.5 Å². The summed E-state index contributed by atoms with van der Waals surface area (Å²) in [5.41, 5.74) is 0.812. The third kappa shape index (κ3) is 7.25. The minimum absolute atomic E-state index is 0.00368. The van der Waals surface area contributed by atoms with Crippen LogP contribution in [0, 0.1) is 0 Å². The summed E-state index contributed by atoms with van der Waals surface area (Å²) >= 11 is 6.39. The third-order valence-electron chi connectivity index (χ3n) is 6.28. The van der Waals surface area contributed by atoms with Crippen LogP contribution < -0.4 is 19.1 Å². The maximum absolute atomic E-state index is 14.0. The molecule has 0 saturated heterocycles. The number of nitrogens with zero attached hydrogens (tertiary/aromatic N) is 2. The van der Waals surface area contributed by atoms with Crippen molar-refractivity contribution in [3.63, 3.8) is 0 Å². The molecule has 0 aromatic heterocycles. The molecule has 0 heterocycles. The Bertz CT molecular complexity index is 1420. The van der Waals surface area contributed by atoms with Gasteiger partial charge in [-0.2, -0.15) is 0 Å². The van der Waals surface area contributed by atoms with Crippen molar-refractivity contribution in [3.05, 3.63) is 83.4 Å². The standard InChI is InChI=1S/C29H34ClN3O6S/c1-5-17-31-29(35)21(2)32(19-22-11-9-10-14-25(22)30)28(34)20-33(40(36,37)24-12-7-6-8-13-24)23-15-16-26(38-3)27(18-23)39-4/h6-16,18,21H,5,17,19-20H2,1-4H3,(H,31,35). The molecule has 2 amide bonds. The maximum Gasteiger partial charge on any atom is 0.264 e. The Kier molecular flexibility index (Phi) is 10.8. The van der Waals surface area contributed by atoms with Crippen molar-refractivity contribution in [1.29, 1.82) is 0 Å². The molecular formula is C29H34ClN3O6S. The highest BCUT2D eigenvalue weighted by atomic mass is 35.5. The average molecular weight is 588 g/mol. The summed E-state index contributed by atoms with van der Waals surface area (Å²) < 4.78 is 39.5. The molecule has 0 saturated carbocycles. The summed E-state index contributed by atoms with van der Waals surface area (Å²) in [6.45, 7) is 3.39. The molecule has 214 valence electrons. The molecule has 11 heteroatoms. The second-order valence-corrected chi connectivity index (χ2v) is 11.2. The second-order valence-electron chi connectivity index (χ2n) is 8.94. The summed E-state index contributed by atoms with van der Waals surface area (Å²) in [5, 5.41) is 3.23. The smallest absolute Gasteiger partial charge is 0.264 e. The summed E-state index contributed by atoms with van der Waals surface area (Å²) in [6, 6.07) is 18.5. The number of anilines is 1. The van der Waals surface area contributed by atoms with Crippen LogP contribution in [0.3, 0.4) is 0 Å². The molecule has 9 nitrogen and oxygen atoms in total. The topological polar surface area (TPSA) is 105 Å². The monoisotopic (exact) mass is 587 g/mol. The van der Waals surface area contributed by atoms with Gasteiger partial charge in [0.15, 0.2) is 11.5 Å². The van der Waals surface area contributed by atoms with Crippen molar-refractivity contribution in [1.82, 2.24) is 10.2 Å². The van der Waals surface area contributed by atoms with Crippen LogP contribution in [0.15, 0.2) is 77.7 Å². The van der Waals surface area contributed by atoms with Gasteiger partial charge in [0.25, 0.3) is 10.0 Å². The second kappa shape index (κ2) is 14.0. The zero-order valence-corrected chi connectivity index (χ0v) is 24.5. The molecule has 0 aliphatic heterocycles. The lowest BCUT2D eigenvalue weighted by Crippen LogP contribution is -2.51. The fourth-order valence-corrected chi connectivity index (χ4v) is 5.64. The van der Waals surface area contributed by atoms with Gasteiger partial charge in [0.05, 0.1) is 24.8 Å². The van der Waals surface area contributed by atoms with Crippen molar-refractivity contribution in [2.24, 2.45) is 0 Å². The van der Waals surface area contributed by atoms with Gasteiger partial charge in [-0.05, 0) is 49.2 Å². The van der Waals surface area contributed by atoms with Gasteiger partial charge in [-0.25, -0.2) is 8.42 Å². The number of rotatable bonds is 13. The van der Waals surface area contributed by atoms with Crippen molar-refractivity contribution in [3.8, 4) is 11.5 Å². The van der Waals surface area contributed by atoms with Gasteiger partial charge in [-0.15, -0.1) is 0 Å². The highest BCUT2D eigenvalue weighted by Gasteiger charge is 2.33. The lowest BCUT2D eigenvalue weighted by Gasteiger charge is -2.32. The molecule has 0 bridgehead atoms. The molecule has 40 heavy (non-hydrogen) atoms. The normalized spacial score (nSPS) is 11.8. The molecule has 0 spiro atoms. The van der Waals surface area contributed by atoms with E-state index in [2.05, 4.69) is 5.32 Å². The van der Waals surface area contributed by atoms with Crippen LogP contribution in [-0.2, 0) is 26.2 Å². The number of carbonyl (C=O) groups excluding carboxylic acids is 2. The first-order valence-corrected chi connectivity index (χ1v) is 14.6. The van der Waals surface area contributed by atoms with Crippen molar-refractivity contribution in [2.45, 2.75) is 37.8 Å². The molecule has 0 fully saturated rings. The zero-order chi connectivity index (χ0) is 29.3. The lowest BCUT2D eigenvalue weighted by atomic mass is 10.1. The molecule has 0 radical (unpaired) electrons. The van der Waals surface area contributed by atoms with E-state index >= 15 is 0 Å². The van der Waals surface area contributed by atoms with E-state index in [1.54, 1.807) is 55.5 Å². The van der Waals surface area contributed by atoms with Gasteiger partial charge < -0.3 is 19.7 Å². The summed E-state index contributed by atoms with van der Waals surface area (Å²) in [5.74, 6) is -0.253. The van der Waals surface area contributed by atoms with Gasteiger partial charge in [-0.3, -0.25) is 13.9 Å². The molecule has 1 unspecified atom stereocenters. The third-order valence-corrected chi connectivity index (χ3v) is 8.44. The first kappa shape index (κ1) is 30.8. The van der Waals surface area contributed by atoms with Crippen LogP contribution in [0.1, 0.15) is 25.8 Å². The molecule has 3 aromatic carbocycles. The van der Waals surface area contributed by atoms with Gasteiger partial charge in [0, 0.05) is 24.2 Å². The SMILES string of the molecule is CCCNC(=O)C(C)N(Cc1ccccc1Cl)C(=O)CN(c1ccc(OC)c(OC)c1)S(=O)(=O)c1ccccc1. The number of sulfonamides is 1. The van der Waals surface area contributed by atoms with E-state index in [-0.39, 0.29) is 23.0 Å². The molecule has 0 aliphatic rings. The molecule has 3 rings (SSSR count). The first-order valence-electron chi connectivity index (χ1n) is 12.7. The predicted octanol–water partition coefficient (Wildman–Crippen LogP) is 4.50. The van der Waals surface area contributed by atoms with E-state index in [1.165, 1.54) is 43.4 Å². The van der Waals surface area contributed by atoms with Gasteiger partial charge in [0.1, 0.15) is 12.6 Å². The number of carbonyl (C=O) groups is 2. The van der Waals surface area contributed by atoms with E-state index in [0.717, 1.165) is 10.7 Å². The number of amides is 2. The minimum atomic E-state index is -4.21. The molecule has 1 N–H and O–H groups in total.